The maximum Gasteiger partial charge on any atom is 0.321 e. The first-order chi connectivity index (χ1) is 15.4. The maximum absolute atomic E-state index is 12.6. The van der Waals surface area contributed by atoms with Gasteiger partial charge in [-0.25, -0.2) is 4.79 Å². The van der Waals surface area contributed by atoms with Crippen LogP contribution in [0.4, 0.5) is 10.5 Å². The monoisotopic (exact) mass is 480 g/mol. The largest absolute Gasteiger partial charge is 0.497 e. The van der Waals surface area contributed by atoms with Crippen LogP contribution in [-0.2, 0) is 11.3 Å². The van der Waals surface area contributed by atoms with E-state index in [1.807, 2.05) is 6.07 Å². The summed E-state index contributed by atoms with van der Waals surface area (Å²) in [5.74, 6) is 1.23. The number of halogens is 2. The molecule has 1 saturated heterocycles. The highest BCUT2D eigenvalue weighted by atomic mass is 35.5. The highest BCUT2D eigenvalue weighted by Crippen LogP contribution is 2.25. The van der Waals surface area contributed by atoms with Gasteiger partial charge < -0.3 is 30.3 Å². The van der Waals surface area contributed by atoms with E-state index >= 15 is 0 Å². The first kappa shape index (κ1) is 24.0. The second-order valence-corrected chi connectivity index (χ2v) is 8.13. The molecule has 2 aromatic carbocycles. The van der Waals surface area contributed by atoms with Crippen molar-refractivity contribution in [2.75, 3.05) is 39.2 Å². The Morgan fingerprint density at radius 3 is 2.66 bits per heavy atom. The highest BCUT2D eigenvalue weighted by Gasteiger charge is 2.25. The molecule has 0 radical (unpaired) electrons. The van der Waals surface area contributed by atoms with Crippen molar-refractivity contribution in [1.82, 2.24) is 15.5 Å². The minimum atomic E-state index is -0.253. The van der Waals surface area contributed by atoms with Gasteiger partial charge >= 0.3 is 6.03 Å². The van der Waals surface area contributed by atoms with Crippen LogP contribution < -0.4 is 25.4 Å². The quantitative estimate of drug-likeness (QED) is 0.563. The molecule has 1 fully saturated rings. The van der Waals surface area contributed by atoms with Crippen molar-refractivity contribution in [3.63, 3.8) is 0 Å². The predicted molar refractivity (Wildman–Crippen MR) is 125 cm³/mol. The Labute approximate surface area is 197 Å². The molecule has 0 bridgehead atoms. The summed E-state index contributed by atoms with van der Waals surface area (Å²) in [5, 5.41) is 9.80. The zero-order valence-electron chi connectivity index (χ0n) is 17.9. The lowest BCUT2D eigenvalue weighted by atomic mass is 10.1. The Hall–Kier alpha value is -2.68. The summed E-state index contributed by atoms with van der Waals surface area (Å²) in [5.41, 5.74) is 1.38. The number of amides is 3. The number of nitrogens with zero attached hydrogens (tertiary/aromatic N) is 1. The Balaban J connectivity index is 1.51. The van der Waals surface area contributed by atoms with Crippen molar-refractivity contribution < 1.29 is 19.1 Å². The smallest absolute Gasteiger partial charge is 0.321 e. The van der Waals surface area contributed by atoms with Crippen molar-refractivity contribution >= 4 is 40.8 Å². The fourth-order valence-electron chi connectivity index (χ4n) is 3.43. The predicted octanol–water partition coefficient (Wildman–Crippen LogP) is 3.52. The molecule has 1 aliphatic heterocycles. The molecule has 1 heterocycles. The van der Waals surface area contributed by atoms with Crippen LogP contribution >= 0.6 is 23.2 Å². The van der Waals surface area contributed by atoms with Crippen LogP contribution in [0.1, 0.15) is 12.0 Å². The number of urea groups is 1. The molecule has 0 aliphatic carbocycles. The molecule has 172 valence electrons. The SMILES string of the molecule is COc1ccc(OC)c(CNC(=O)CC2CN(C(=O)Nc3ccc(Cl)c(Cl)c3)CCN2)c1. The van der Waals surface area contributed by atoms with Gasteiger partial charge in [-0.2, -0.15) is 0 Å². The molecule has 0 saturated carbocycles. The van der Waals surface area contributed by atoms with Gasteiger partial charge in [-0.15, -0.1) is 0 Å². The Bertz CT molecular complexity index is 973. The van der Waals surface area contributed by atoms with E-state index in [1.165, 1.54) is 0 Å². The summed E-state index contributed by atoms with van der Waals surface area (Å²) in [4.78, 5) is 26.8. The van der Waals surface area contributed by atoms with E-state index in [1.54, 1.807) is 49.5 Å². The number of hydrogen-bond acceptors (Lipinski definition) is 5. The molecular formula is C22H26Cl2N4O4. The van der Waals surface area contributed by atoms with E-state index in [9.17, 15) is 9.59 Å². The second-order valence-electron chi connectivity index (χ2n) is 7.31. The second kappa shape index (κ2) is 11.3. The van der Waals surface area contributed by atoms with Crippen LogP contribution in [0.25, 0.3) is 0 Å². The third kappa shape index (κ3) is 6.41. The average molecular weight is 481 g/mol. The summed E-state index contributed by atoms with van der Waals surface area (Å²) < 4.78 is 10.6. The lowest BCUT2D eigenvalue weighted by Gasteiger charge is -2.33. The number of hydrogen-bond donors (Lipinski definition) is 3. The standard InChI is InChI=1S/C22H26Cl2N4O4/c1-31-17-4-6-20(32-2)14(9-17)12-26-21(29)11-16-13-28(8-7-25-16)22(30)27-15-3-5-18(23)19(24)10-15/h3-6,9-10,16,25H,7-8,11-13H2,1-2H3,(H,26,29)(H,27,30). The number of rotatable bonds is 7. The lowest BCUT2D eigenvalue weighted by molar-refractivity contribution is -0.121. The van der Waals surface area contributed by atoms with Gasteiger partial charge in [-0.1, -0.05) is 23.2 Å². The minimum absolute atomic E-state index is 0.126. The number of carbonyl (C=O) groups excluding carboxylic acids is 2. The summed E-state index contributed by atoms with van der Waals surface area (Å²) >= 11 is 11.9. The summed E-state index contributed by atoms with van der Waals surface area (Å²) in [6, 6.07) is 9.93. The zero-order valence-corrected chi connectivity index (χ0v) is 19.4. The van der Waals surface area contributed by atoms with Crippen molar-refractivity contribution in [2.24, 2.45) is 0 Å². The molecule has 1 atom stereocenters. The molecule has 10 heteroatoms. The van der Waals surface area contributed by atoms with Gasteiger partial charge in [0.1, 0.15) is 11.5 Å². The number of anilines is 1. The van der Waals surface area contributed by atoms with Crippen molar-refractivity contribution in [1.29, 1.82) is 0 Å². The fraction of sp³-hybridized carbons (Fsp3) is 0.364. The molecule has 32 heavy (non-hydrogen) atoms. The molecule has 0 spiro atoms. The number of nitrogens with one attached hydrogen (secondary N) is 3. The molecule has 1 unspecified atom stereocenters. The normalized spacial score (nSPS) is 15.8. The van der Waals surface area contributed by atoms with E-state index in [2.05, 4.69) is 16.0 Å². The van der Waals surface area contributed by atoms with Gasteiger partial charge in [0.2, 0.25) is 5.91 Å². The number of ether oxygens (including phenoxy) is 2. The minimum Gasteiger partial charge on any atom is -0.497 e. The number of methoxy groups -OCH3 is 2. The van der Waals surface area contributed by atoms with Gasteiger partial charge in [-0.3, -0.25) is 4.79 Å². The third-order valence-corrected chi connectivity index (χ3v) is 5.85. The summed E-state index contributed by atoms with van der Waals surface area (Å²) in [7, 11) is 3.17. The van der Waals surface area contributed by atoms with Crippen LogP contribution in [0.5, 0.6) is 11.5 Å². The highest BCUT2D eigenvalue weighted by molar-refractivity contribution is 6.42. The number of carbonyl (C=O) groups is 2. The van der Waals surface area contributed by atoms with E-state index < -0.39 is 0 Å². The third-order valence-electron chi connectivity index (χ3n) is 5.11. The zero-order chi connectivity index (χ0) is 23.1. The first-order valence-electron chi connectivity index (χ1n) is 10.1. The Morgan fingerprint density at radius 1 is 1.12 bits per heavy atom. The van der Waals surface area contributed by atoms with Crippen molar-refractivity contribution in [3.8, 4) is 11.5 Å². The average Bonchev–Trinajstić information content (AvgIpc) is 2.80. The maximum atomic E-state index is 12.6. The van der Waals surface area contributed by atoms with E-state index in [0.29, 0.717) is 53.4 Å². The summed E-state index contributed by atoms with van der Waals surface area (Å²) in [6.45, 7) is 1.85. The molecule has 3 rings (SSSR count). The first-order valence-corrected chi connectivity index (χ1v) is 10.9. The van der Waals surface area contributed by atoms with Gasteiger partial charge in [0, 0.05) is 49.9 Å². The van der Waals surface area contributed by atoms with Crippen LogP contribution in [0.3, 0.4) is 0 Å². The molecule has 0 aromatic heterocycles. The molecule has 8 nitrogen and oxygen atoms in total. The van der Waals surface area contributed by atoms with Crippen LogP contribution in [0.2, 0.25) is 10.0 Å². The lowest BCUT2D eigenvalue weighted by Crippen LogP contribution is -2.54. The van der Waals surface area contributed by atoms with E-state index in [0.717, 1.165) is 5.56 Å². The molecule has 3 N–H and O–H groups in total. The summed E-state index contributed by atoms with van der Waals surface area (Å²) in [6.07, 6.45) is 0.239. The Kier molecular flexibility index (Phi) is 8.44. The van der Waals surface area contributed by atoms with Crippen LogP contribution in [-0.4, -0.2) is 56.7 Å². The van der Waals surface area contributed by atoms with Crippen LogP contribution in [0.15, 0.2) is 36.4 Å². The molecule has 2 aromatic rings. The molecular weight excluding hydrogens is 455 g/mol. The topological polar surface area (TPSA) is 91.9 Å². The van der Waals surface area contributed by atoms with Crippen molar-refractivity contribution in [3.05, 3.63) is 52.0 Å². The van der Waals surface area contributed by atoms with Gasteiger partial charge in [0.05, 0.1) is 24.3 Å². The van der Waals surface area contributed by atoms with Crippen molar-refractivity contribution in [2.45, 2.75) is 19.0 Å². The number of piperazine rings is 1. The number of benzene rings is 2. The fourth-order valence-corrected chi connectivity index (χ4v) is 3.73. The van der Waals surface area contributed by atoms with Crippen LogP contribution in [0, 0.1) is 0 Å². The molecule has 1 aliphatic rings. The molecule has 3 amide bonds. The van der Waals surface area contributed by atoms with E-state index in [-0.39, 0.29) is 24.4 Å². The van der Waals surface area contributed by atoms with Gasteiger partial charge in [-0.05, 0) is 36.4 Å². The van der Waals surface area contributed by atoms with Gasteiger partial charge in [0.25, 0.3) is 0 Å². The Morgan fingerprint density at radius 2 is 1.94 bits per heavy atom. The van der Waals surface area contributed by atoms with Gasteiger partial charge in [0.15, 0.2) is 0 Å². The van der Waals surface area contributed by atoms with E-state index in [4.69, 9.17) is 32.7 Å².